The minimum atomic E-state index is -0.562. The summed E-state index contributed by atoms with van der Waals surface area (Å²) in [5.74, 6) is 1.20. The number of furan rings is 1. The first kappa shape index (κ1) is 20.1. The first-order valence-corrected chi connectivity index (χ1v) is 10.9. The Balaban J connectivity index is 1.42. The monoisotopic (exact) mass is 446 g/mol. The number of hydrogen-bond acceptors (Lipinski definition) is 7. The maximum absolute atomic E-state index is 13.0. The lowest BCUT2D eigenvalue weighted by molar-refractivity contribution is 0.0734. The van der Waals surface area contributed by atoms with Gasteiger partial charge >= 0.3 is 5.97 Å². The fourth-order valence-corrected chi connectivity index (χ4v) is 4.25. The first-order valence-electron chi connectivity index (χ1n) is 10.0. The standard InChI is InChI=1S/C25H18O6S/c1-3-28-15-7-9-20-19(11-15)23(14(2)29-20)25(27)30-16-6-8-18-21(12-16)31-22(24(18)26)13-17-5-4-10-32-17/h4-13H,3H2,1-2H3. The molecule has 0 saturated carbocycles. The van der Waals surface area contributed by atoms with Crippen LogP contribution in [0.1, 0.15) is 38.3 Å². The number of benzene rings is 2. The van der Waals surface area contributed by atoms with Gasteiger partial charge in [-0.05, 0) is 55.6 Å². The molecule has 0 bridgehead atoms. The van der Waals surface area contributed by atoms with E-state index in [2.05, 4.69) is 0 Å². The van der Waals surface area contributed by atoms with Gasteiger partial charge in [-0.2, -0.15) is 0 Å². The summed E-state index contributed by atoms with van der Waals surface area (Å²) in [6.45, 7) is 4.11. The number of aryl methyl sites for hydroxylation is 1. The van der Waals surface area contributed by atoms with E-state index in [4.69, 9.17) is 18.6 Å². The molecule has 6 nitrogen and oxygen atoms in total. The minimum absolute atomic E-state index is 0.202. The zero-order valence-corrected chi connectivity index (χ0v) is 18.2. The van der Waals surface area contributed by atoms with Crippen molar-refractivity contribution in [2.75, 3.05) is 6.61 Å². The Morgan fingerprint density at radius 1 is 1.12 bits per heavy atom. The fraction of sp³-hybridized carbons (Fsp3) is 0.120. The topological polar surface area (TPSA) is 75.0 Å². The molecule has 1 aliphatic rings. The van der Waals surface area contributed by atoms with Gasteiger partial charge in [0, 0.05) is 22.4 Å². The first-order chi connectivity index (χ1) is 15.5. The Morgan fingerprint density at radius 2 is 1.97 bits per heavy atom. The maximum Gasteiger partial charge on any atom is 0.347 e. The highest BCUT2D eigenvalue weighted by atomic mass is 32.1. The second-order valence-electron chi connectivity index (χ2n) is 7.13. The molecule has 0 atom stereocenters. The average Bonchev–Trinajstić information content (AvgIpc) is 3.46. The predicted octanol–water partition coefficient (Wildman–Crippen LogP) is 6.04. The van der Waals surface area contributed by atoms with Crippen LogP contribution in [-0.4, -0.2) is 18.4 Å². The molecule has 0 saturated heterocycles. The number of ether oxygens (including phenoxy) is 3. The average molecular weight is 446 g/mol. The van der Waals surface area contributed by atoms with Crippen molar-refractivity contribution < 1.29 is 28.2 Å². The van der Waals surface area contributed by atoms with Gasteiger partial charge in [-0.1, -0.05) is 6.07 Å². The molecular formula is C25H18O6S. The maximum atomic E-state index is 13.0. The molecule has 0 aliphatic carbocycles. The molecule has 2 aromatic heterocycles. The summed E-state index contributed by atoms with van der Waals surface area (Å²) in [5, 5.41) is 2.54. The van der Waals surface area contributed by atoms with Crippen LogP contribution in [0.15, 0.2) is 64.1 Å². The molecule has 2 aromatic carbocycles. The summed E-state index contributed by atoms with van der Waals surface area (Å²) in [6, 6.07) is 13.8. The molecule has 0 radical (unpaired) electrons. The van der Waals surface area contributed by atoms with Gasteiger partial charge in [0.2, 0.25) is 5.78 Å². The van der Waals surface area contributed by atoms with Gasteiger partial charge < -0.3 is 18.6 Å². The van der Waals surface area contributed by atoms with Crippen LogP contribution in [-0.2, 0) is 0 Å². The SMILES string of the molecule is CCOc1ccc2oc(C)c(C(=O)Oc3ccc4c(c3)OC(=Cc3cccs3)C4=O)c2c1. The smallest absolute Gasteiger partial charge is 0.347 e. The number of ketones is 1. The van der Waals surface area contributed by atoms with Crippen molar-refractivity contribution >= 4 is 40.1 Å². The van der Waals surface area contributed by atoms with E-state index < -0.39 is 5.97 Å². The van der Waals surface area contributed by atoms with Crippen molar-refractivity contribution in [2.24, 2.45) is 0 Å². The summed E-state index contributed by atoms with van der Waals surface area (Å²) in [5.41, 5.74) is 1.33. The summed E-state index contributed by atoms with van der Waals surface area (Å²) in [4.78, 5) is 26.5. The van der Waals surface area contributed by atoms with E-state index in [9.17, 15) is 9.59 Å². The largest absolute Gasteiger partial charge is 0.494 e. The van der Waals surface area contributed by atoms with Crippen LogP contribution >= 0.6 is 11.3 Å². The number of Topliss-reactive ketones (excluding diaryl/α,β-unsaturated/α-hetero) is 1. The quantitative estimate of drug-likeness (QED) is 0.211. The minimum Gasteiger partial charge on any atom is -0.494 e. The van der Waals surface area contributed by atoms with E-state index >= 15 is 0 Å². The lowest BCUT2D eigenvalue weighted by Gasteiger charge is -2.06. The van der Waals surface area contributed by atoms with E-state index in [-0.39, 0.29) is 17.3 Å². The fourth-order valence-electron chi connectivity index (χ4n) is 3.60. The molecule has 32 heavy (non-hydrogen) atoms. The van der Waals surface area contributed by atoms with Crippen LogP contribution in [0.5, 0.6) is 17.2 Å². The molecule has 5 rings (SSSR count). The lowest BCUT2D eigenvalue weighted by atomic mass is 10.1. The third-order valence-corrected chi connectivity index (χ3v) is 5.84. The number of rotatable bonds is 5. The molecule has 4 aromatic rings. The van der Waals surface area contributed by atoms with Crippen molar-refractivity contribution in [3.05, 3.63) is 81.4 Å². The highest BCUT2D eigenvalue weighted by Crippen LogP contribution is 2.36. The molecule has 160 valence electrons. The number of carbonyl (C=O) groups is 2. The van der Waals surface area contributed by atoms with Crippen molar-refractivity contribution in [3.63, 3.8) is 0 Å². The van der Waals surface area contributed by atoms with E-state index in [0.29, 0.717) is 46.0 Å². The second-order valence-corrected chi connectivity index (χ2v) is 8.11. The Kier molecular flexibility index (Phi) is 5.03. The van der Waals surface area contributed by atoms with Crippen LogP contribution in [0.25, 0.3) is 17.0 Å². The molecule has 3 heterocycles. The Labute approximate surface area is 187 Å². The Bertz CT molecular complexity index is 1380. The number of fused-ring (bicyclic) bond motifs is 2. The lowest BCUT2D eigenvalue weighted by Crippen LogP contribution is -2.09. The normalized spacial score (nSPS) is 13.9. The third-order valence-electron chi connectivity index (χ3n) is 5.02. The van der Waals surface area contributed by atoms with E-state index in [1.54, 1.807) is 49.4 Å². The van der Waals surface area contributed by atoms with E-state index in [1.807, 2.05) is 24.4 Å². The van der Waals surface area contributed by atoms with Crippen molar-refractivity contribution in [2.45, 2.75) is 13.8 Å². The van der Waals surface area contributed by atoms with E-state index in [0.717, 1.165) is 4.88 Å². The van der Waals surface area contributed by atoms with Gasteiger partial charge in [0.05, 0.1) is 12.2 Å². The molecule has 0 amide bonds. The van der Waals surface area contributed by atoms with Gasteiger partial charge in [0.15, 0.2) is 5.76 Å². The van der Waals surface area contributed by atoms with Gasteiger partial charge in [-0.25, -0.2) is 4.79 Å². The van der Waals surface area contributed by atoms with Gasteiger partial charge in [-0.15, -0.1) is 11.3 Å². The molecule has 7 heteroatoms. The molecular weight excluding hydrogens is 428 g/mol. The number of carbonyl (C=O) groups excluding carboxylic acids is 2. The zero-order valence-electron chi connectivity index (χ0n) is 17.3. The van der Waals surface area contributed by atoms with Crippen molar-refractivity contribution in [1.82, 2.24) is 0 Å². The second kappa shape index (κ2) is 8.01. The number of esters is 1. The number of allylic oxidation sites excluding steroid dienone is 1. The van der Waals surface area contributed by atoms with Crippen LogP contribution in [0.3, 0.4) is 0 Å². The summed E-state index contributed by atoms with van der Waals surface area (Å²) < 4.78 is 22.6. The van der Waals surface area contributed by atoms with Gasteiger partial charge in [0.1, 0.15) is 34.2 Å². The van der Waals surface area contributed by atoms with Crippen molar-refractivity contribution in [3.8, 4) is 17.2 Å². The van der Waals surface area contributed by atoms with Crippen molar-refractivity contribution in [1.29, 1.82) is 0 Å². The molecule has 0 fully saturated rings. The summed E-state index contributed by atoms with van der Waals surface area (Å²) >= 11 is 1.51. The Hall–Kier alpha value is -3.84. The van der Waals surface area contributed by atoms with Crippen LogP contribution < -0.4 is 14.2 Å². The molecule has 0 N–H and O–H groups in total. The van der Waals surface area contributed by atoms with Crippen LogP contribution in [0, 0.1) is 6.92 Å². The third kappa shape index (κ3) is 3.56. The highest BCUT2D eigenvalue weighted by molar-refractivity contribution is 7.10. The Morgan fingerprint density at radius 3 is 2.75 bits per heavy atom. The highest BCUT2D eigenvalue weighted by Gasteiger charge is 2.29. The summed E-state index contributed by atoms with van der Waals surface area (Å²) in [6.07, 6.45) is 1.70. The van der Waals surface area contributed by atoms with E-state index in [1.165, 1.54) is 11.3 Å². The number of hydrogen-bond donors (Lipinski definition) is 0. The van der Waals surface area contributed by atoms with Gasteiger partial charge in [0.25, 0.3) is 0 Å². The number of thiophene rings is 1. The predicted molar refractivity (Wildman–Crippen MR) is 121 cm³/mol. The van der Waals surface area contributed by atoms with Gasteiger partial charge in [-0.3, -0.25) is 4.79 Å². The molecule has 1 aliphatic heterocycles. The molecule has 0 spiro atoms. The zero-order chi connectivity index (χ0) is 22.2. The molecule has 0 unspecified atom stereocenters. The van der Waals surface area contributed by atoms with Crippen LogP contribution in [0.2, 0.25) is 0 Å². The van der Waals surface area contributed by atoms with Crippen LogP contribution in [0.4, 0.5) is 0 Å². The summed E-state index contributed by atoms with van der Waals surface area (Å²) in [7, 11) is 0.